The van der Waals surface area contributed by atoms with Gasteiger partial charge in [0.15, 0.2) is 0 Å². The van der Waals surface area contributed by atoms with Crippen molar-refractivity contribution in [2.24, 2.45) is 5.73 Å². The lowest BCUT2D eigenvalue weighted by Crippen LogP contribution is -2.32. The van der Waals surface area contributed by atoms with Gasteiger partial charge in [0, 0.05) is 30.5 Å². The fourth-order valence-corrected chi connectivity index (χ4v) is 4.04. The first kappa shape index (κ1) is 15.6. The Balaban J connectivity index is 1.90. The van der Waals surface area contributed by atoms with E-state index in [4.69, 9.17) is 5.73 Å². The van der Waals surface area contributed by atoms with E-state index in [9.17, 15) is 13.2 Å². The van der Waals surface area contributed by atoms with Crippen molar-refractivity contribution in [2.75, 3.05) is 0 Å². The molecule has 23 heavy (non-hydrogen) atoms. The second kappa shape index (κ2) is 6.10. The molecule has 120 valence electrons. The summed E-state index contributed by atoms with van der Waals surface area (Å²) in [4.78, 5) is 15.2. The summed E-state index contributed by atoms with van der Waals surface area (Å²) in [7, 11) is -3.62. The fourth-order valence-electron chi connectivity index (χ4n) is 2.37. The largest absolute Gasteiger partial charge is 0.366 e. The van der Waals surface area contributed by atoms with E-state index in [1.54, 1.807) is 24.5 Å². The second-order valence-corrected chi connectivity index (χ2v) is 7.42. The average molecular weight is 331 g/mol. The summed E-state index contributed by atoms with van der Waals surface area (Å²) < 4.78 is 27.3. The van der Waals surface area contributed by atoms with Crippen LogP contribution in [0.25, 0.3) is 0 Å². The van der Waals surface area contributed by atoms with Gasteiger partial charge >= 0.3 is 0 Å². The summed E-state index contributed by atoms with van der Waals surface area (Å²) in [5.74, 6) is -0.579. The number of pyridine rings is 1. The van der Waals surface area contributed by atoms with E-state index in [0.717, 1.165) is 18.4 Å². The van der Waals surface area contributed by atoms with Gasteiger partial charge in [-0.15, -0.1) is 0 Å². The molecule has 1 heterocycles. The zero-order valence-corrected chi connectivity index (χ0v) is 13.2. The van der Waals surface area contributed by atoms with Crippen molar-refractivity contribution in [1.29, 1.82) is 0 Å². The fraction of sp³-hybridized carbons (Fsp3) is 0.250. The van der Waals surface area contributed by atoms with Crippen molar-refractivity contribution < 1.29 is 13.2 Å². The maximum atomic E-state index is 12.9. The first-order valence-electron chi connectivity index (χ1n) is 7.29. The average Bonchev–Trinajstić information content (AvgIpc) is 3.38. The molecule has 1 fully saturated rings. The van der Waals surface area contributed by atoms with Crippen LogP contribution in [-0.2, 0) is 16.6 Å². The van der Waals surface area contributed by atoms with E-state index in [1.807, 2.05) is 0 Å². The van der Waals surface area contributed by atoms with Crippen LogP contribution in [-0.4, -0.2) is 29.7 Å². The number of carbonyl (C=O) groups excluding carboxylic acids is 1. The molecule has 0 aliphatic heterocycles. The van der Waals surface area contributed by atoms with Gasteiger partial charge < -0.3 is 5.73 Å². The maximum absolute atomic E-state index is 12.9. The lowest BCUT2D eigenvalue weighted by molar-refractivity contribution is 0.1000. The van der Waals surface area contributed by atoms with Crippen molar-refractivity contribution in [3.8, 4) is 0 Å². The molecular formula is C16H17N3O3S. The Kier molecular flexibility index (Phi) is 4.14. The number of carbonyl (C=O) groups is 1. The van der Waals surface area contributed by atoms with Crippen molar-refractivity contribution >= 4 is 15.9 Å². The molecule has 2 N–H and O–H groups in total. The standard InChI is InChI=1S/C16H17N3O3S/c17-16(20)13-1-5-15(6-2-13)23(21,22)19(14-3-4-14)11-12-7-9-18-10-8-12/h1-2,5-10,14H,3-4,11H2,(H2,17,20). The topological polar surface area (TPSA) is 93.4 Å². The zero-order valence-electron chi connectivity index (χ0n) is 12.4. The first-order chi connectivity index (χ1) is 11.0. The van der Waals surface area contributed by atoms with Crippen molar-refractivity contribution in [3.05, 3.63) is 59.9 Å². The van der Waals surface area contributed by atoms with Crippen LogP contribution in [0, 0.1) is 0 Å². The highest BCUT2D eigenvalue weighted by Crippen LogP contribution is 2.33. The minimum Gasteiger partial charge on any atom is -0.366 e. The Hall–Kier alpha value is -2.25. The number of nitrogens with two attached hydrogens (primary N) is 1. The maximum Gasteiger partial charge on any atom is 0.248 e. The highest BCUT2D eigenvalue weighted by Gasteiger charge is 2.38. The molecule has 7 heteroatoms. The van der Waals surface area contributed by atoms with Gasteiger partial charge in [-0.25, -0.2) is 8.42 Å². The molecule has 0 atom stereocenters. The molecule has 1 saturated carbocycles. The Morgan fingerprint density at radius 3 is 2.26 bits per heavy atom. The summed E-state index contributed by atoms with van der Waals surface area (Å²) in [5, 5.41) is 0. The third kappa shape index (κ3) is 3.40. The smallest absolute Gasteiger partial charge is 0.248 e. The number of amides is 1. The highest BCUT2D eigenvalue weighted by atomic mass is 32.2. The second-order valence-electron chi connectivity index (χ2n) is 5.53. The van der Waals surface area contributed by atoms with Crippen LogP contribution in [0.3, 0.4) is 0 Å². The quantitative estimate of drug-likeness (QED) is 0.868. The van der Waals surface area contributed by atoms with Crippen LogP contribution in [0.2, 0.25) is 0 Å². The zero-order chi connectivity index (χ0) is 16.4. The Morgan fingerprint density at radius 1 is 1.13 bits per heavy atom. The summed E-state index contributed by atoms with van der Waals surface area (Å²) in [6, 6.07) is 9.38. The van der Waals surface area contributed by atoms with Gasteiger partial charge in [0.25, 0.3) is 0 Å². The van der Waals surface area contributed by atoms with E-state index < -0.39 is 15.9 Å². The minimum atomic E-state index is -3.62. The summed E-state index contributed by atoms with van der Waals surface area (Å²) in [6.45, 7) is 0.313. The van der Waals surface area contributed by atoms with Gasteiger partial charge in [-0.05, 0) is 54.8 Å². The molecule has 1 aromatic heterocycles. The molecule has 2 aromatic rings. The van der Waals surface area contributed by atoms with Gasteiger partial charge in [0.2, 0.25) is 15.9 Å². The predicted octanol–water partition coefficient (Wildman–Crippen LogP) is 1.53. The third-order valence-electron chi connectivity index (χ3n) is 3.79. The highest BCUT2D eigenvalue weighted by molar-refractivity contribution is 7.89. The summed E-state index contributed by atoms with van der Waals surface area (Å²) >= 11 is 0. The molecule has 0 spiro atoms. The summed E-state index contributed by atoms with van der Waals surface area (Å²) in [6.07, 6.45) is 5.02. The van der Waals surface area contributed by atoms with Gasteiger partial charge in [-0.3, -0.25) is 9.78 Å². The van der Waals surface area contributed by atoms with E-state index >= 15 is 0 Å². The molecule has 0 radical (unpaired) electrons. The Bertz CT molecular complexity index is 800. The van der Waals surface area contributed by atoms with Crippen LogP contribution in [0.4, 0.5) is 0 Å². The van der Waals surface area contributed by atoms with Crippen molar-refractivity contribution in [1.82, 2.24) is 9.29 Å². The normalized spacial score (nSPS) is 14.8. The molecule has 3 rings (SSSR count). The molecule has 0 unspecified atom stereocenters. The number of rotatable bonds is 6. The van der Waals surface area contributed by atoms with Crippen LogP contribution < -0.4 is 5.73 Å². The lowest BCUT2D eigenvalue weighted by Gasteiger charge is -2.22. The number of hydrogen-bond acceptors (Lipinski definition) is 4. The minimum absolute atomic E-state index is 0.0315. The molecule has 1 aliphatic carbocycles. The number of nitrogens with zero attached hydrogens (tertiary/aromatic N) is 2. The van der Waals surface area contributed by atoms with Gasteiger partial charge in [-0.2, -0.15) is 4.31 Å². The number of hydrogen-bond donors (Lipinski definition) is 1. The van der Waals surface area contributed by atoms with E-state index in [0.29, 0.717) is 6.54 Å². The first-order valence-corrected chi connectivity index (χ1v) is 8.73. The number of primary amides is 1. The van der Waals surface area contributed by atoms with Gasteiger partial charge in [0.05, 0.1) is 4.90 Å². The number of aromatic nitrogens is 1. The molecule has 1 amide bonds. The van der Waals surface area contributed by atoms with Crippen molar-refractivity contribution in [2.45, 2.75) is 30.3 Å². The molecule has 0 saturated heterocycles. The van der Waals surface area contributed by atoms with Crippen LogP contribution in [0.5, 0.6) is 0 Å². The Labute approximate surface area is 135 Å². The lowest BCUT2D eigenvalue weighted by atomic mass is 10.2. The number of benzene rings is 1. The number of sulfonamides is 1. The van der Waals surface area contributed by atoms with E-state index in [1.165, 1.54) is 28.6 Å². The molecule has 1 aromatic carbocycles. The molecule has 6 nitrogen and oxygen atoms in total. The van der Waals surface area contributed by atoms with E-state index in [2.05, 4.69) is 4.98 Å². The molecule has 1 aliphatic rings. The third-order valence-corrected chi connectivity index (χ3v) is 5.70. The Morgan fingerprint density at radius 2 is 1.74 bits per heavy atom. The molecule has 0 bridgehead atoms. The van der Waals surface area contributed by atoms with Gasteiger partial charge in [0.1, 0.15) is 0 Å². The predicted molar refractivity (Wildman–Crippen MR) is 84.9 cm³/mol. The van der Waals surface area contributed by atoms with Crippen LogP contribution in [0.1, 0.15) is 28.8 Å². The van der Waals surface area contributed by atoms with Gasteiger partial charge in [-0.1, -0.05) is 0 Å². The van der Waals surface area contributed by atoms with Crippen molar-refractivity contribution in [3.63, 3.8) is 0 Å². The SMILES string of the molecule is NC(=O)c1ccc(S(=O)(=O)N(Cc2ccncc2)C2CC2)cc1. The molecular weight excluding hydrogens is 314 g/mol. The van der Waals surface area contributed by atoms with Crippen LogP contribution in [0.15, 0.2) is 53.7 Å². The monoisotopic (exact) mass is 331 g/mol. The summed E-state index contributed by atoms with van der Waals surface area (Å²) in [5.41, 5.74) is 6.37. The van der Waals surface area contributed by atoms with Crippen LogP contribution >= 0.6 is 0 Å². The van der Waals surface area contributed by atoms with E-state index in [-0.39, 0.29) is 16.5 Å².